The van der Waals surface area contributed by atoms with Crippen molar-refractivity contribution in [2.24, 2.45) is 0 Å². The van der Waals surface area contributed by atoms with E-state index in [0.717, 1.165) is 5.56 Å². The molecule has 2 rings (SSSR count). The van der Waals surface area contributed by atoms with Crippen LogP contribution in [0.3, 0.4) is 0 Å². The van der Waals surface area contributed by atoms with Gasteiger partial charge in [-0.2, -0.15) is 0 Å². The van der Waals surface area contributed by atoms with Gasteiger partial charge < -0.3 is 14.2 Å². The first kappa shape index (κ1) is 24.9. The minimum Gasteiger partial charge on any atom is -0.465 e. The van der Waals surface area contributed by atoms with E-state index in [9.17, 15) is 22.0 Å². The molecule has 0 aromatic heterocycles. The van der Waals surface area contributed by atoms with Crippen LogP contribution in [0.15, 0.2) is 48.5 Å². The van der Waals surface area contributed by atoms with E-state index in [-0.39, 0.29) is 5.75 Å². The van der Waals surface area contributed by atoms with E-state index < -0.39 is 26.3 Å². The van der Waals surface area contributed by atoms with Crippen LogP contribution in [-0.2, 0) is 17.6 Å². The number of hydrogen-bond acceptors (Lipinski definition) is 4. The van der Waals surface area contributed by atoms with Crippen LogP contribution < -0.4 is 9.47 Å². The van der Waals surface area contributed by atoms with E-state index in [0.29, 0.717) is 43.5 Å². The van der Waals surface area contributed by atoms with Gasteiger partial charge in [-0.15, -0.1) is 13.2 Å². The first-order chi connectivity index (χ1) is 14.8. The lowest BCUT2D eigenvalue weighted by atomic mass is 10.0. The SMILES string of the molecule is CN(CF)CCCC(OCF)Oc1ccccc1CCc1cccc(OC(F)(F)F)c1. The molecule has 0 aliphatic heterocycles. The maximum absolute atomic E-state index is 12.8. The normalized spacial score (nSPS) is 12.7. The highest BCUT2D eigenvalue weighted by molar-refractivity contribution is 5.35. The molecule has 0 saturated carbocycles. The third-order valence-corrected chi connectivity index (χ3v) is 4.48. The molecule has 0 amide bonds. The van der Waals surface area contributed by atoms with Crippen molar-refractivity contribution in [2.75, 3.05) is 27.3 Å². The van der Waals surface area contributed by atoms with Crippen molar-refractivity contribution in [3.8, 4) is 11.5 Å². The van der Waals surface area contributed by atoms with Crippen molar-refractivity contribution in [3.05, 3.63) is 59.7 Å². The Kier molecular flexibility index (Phi) is 10.00. The van der Waals surface area contributed by atoms with E-state index in [1.54, 1.807) is 25.2 Å². The summed E-state index contributed by atoms with van der Waals surface area (Å²) in [5.41, 5.74) is 1.47. The van der Waals surface area contributed by atoms with Gasteiger partial charge in [-0.1, -0.05) is 30.3 Å². The number of ether oxygens (including phenoxy) is 3. The maximum Gasteiger partial charge on any atom is 0.573 e. The van der Waals surface area contributed by atoms with Gasteiger partial charge in [-0.05, 0) is 55.6 Å². The van der Waals surface area contributed by atoms with E-state index in [1.807, 2.05) is 12.1 Å². The van der Waals surface area contributed by atoms with Crippen LogP contribution in [0, 0.1) is 0 Å². The second-order valence-corrected chi connectivity index (χ2v) is 6.97. The van der Waals surface area contributed by atoms with Gasteiger partial charge in [0.2, 0.25) is 6.29 Å². The van der Waals surface area contributed by atoms with Crippen LogP contribution in [0.1, 0.15) is 24.0 Å². The second kappa shape index (κ2) is 12.5. The molecule has 9 heteroatoms. The van der Waals surface area contributed by atoms with Gasteiger partial charge >= 0.3 is 6.36 Å². The van der Waals surface area contributed by atoms with Crippen molar-refractivity contribution in [1.29, 1.82) is 0 Å². The summed E-state index contributed by atoms with van der Waals surface area (Å²) in [5, 5.41) is 0. The van der Waals surface area contributed by atoms with Crippen LogP contribution in [0.25, 0.3) is 0 Å². The van der Waals surface area contributed by atoms with Crippen LogP contribution >= 0.6 is 0 Å². The summed E-state index contributed by atoms with van der Waals surface area (Å²) in [6, 6.07) is 12.9. The molecule has 2 aromatic carbocycles. The Hall–Kier alpha value is -2.39. The van der Waals surface area contributed by atoms with E-state index >= 15 is 0 Å². The topological polar surface area (TPSA) is 30.9 Å². The Morgan fingerprint density at radius 3 is 2.48 bits per heavy atom. The summed E-state index contributed by atoms with van der Waals surface area (Å²) in [6.45, 7) is -1.12. The number of para-hydroxylation sites is 1. The van der Waals surface area contributed by atoms with Crippen LogP contribution in [-0.4, -0.2) is 44.8 Å². The van der Waals surface area contributed by atoms with Crippen molar-refractivity contribution >= 4 is 0 Å². The standard InChI is InChI=1S/C22H26F5NO3/c1-28(15-23)13-5-10-21(29-16-24)30-20-9-3-2-7-18(20)12-11-17-6-4-8-19(14-17)31-22(25,26)27/h2-4,6-9,14,21H,5,10-13,15-16H2,1H3. The number of aryl methyl sites for hydroxylation is 2. The monoisotopic (exact) mass is 447 g/mol. The quantitative estimate of drug-likeness (QED) is 0.225. The lowest BCUT2D eigenvalue weighted by molar-refractivity contribution is -0.274. The molecule has 4 nitrogen and oxygen atoms in total. The zero-order valence-corrected chi connectivity index (χ0v) is 17.2. The van der Waals surface area contributed by atoms with Crippen LogP contribution in [0.2, 0.25) is 0 Å². The molecular weight excluding hydrogens is 421 g/mol. The van der Waals surface area contributed by atoms with Crippen LogP contribution in [0.4, 0.5) is 22.0 Å². The predicted molar refractivity (Wildman–Crippen MR) is 106 cm³/mol. The van der Waals surface area contributed by atoms with Crippen molar-refractivity contribution in [2.45, 2.75) is 38.3 Å². The summed E-state index contributed by atoms with van der Waals surface area (Å²) in [4.78, 5) is 1.48. The Morgan fingerprint density at radius 1 is 1.00 bits per heavy atom. The molecule has 0 saturated heterocycles. The fourth-order valence-electron chi connectivity index (χ4n) is 2.98. The van der Waals surface area contributed by atoms with Gasteiger partial charge in [0.25, 0.3) is 0 Å². The molecule has 0 spiro atoms. The zero-order chi connectivity index (χ0) is 22.7. The Balaban J connectivity index is 2.00. The number of nitrogens with zero attached hydrogens (tertiary/aromatic N) is 1. The van der Waals surface area contributed by atoms with Gasteiger partial charge in [0.1, 0.15) is 18.3 Å². The van der Waals surface area contributed by atoms with E-state index in [1.165, 1.54) is 23.1 Å². The molecule has 1 unspecified atom stereocenters. The highest BCUT2D eigenvalue weighted by Crippen LogP contribution is 2.26. The number of rotatable bonds is 13. The predicted octanol–water partition coefficient (Wildman–Crippen LogP) is 5.66. The third kappa shape index (κ3) is 9.52. The van der Waals surface area contributed by atoms with Gasteiger partial charge in [-0.25, -0.2) is 8.78 Å². The molecule has 31 heavy (non-hydrogen) atoms. The van der Waals surface area contributed by atoms with E-state index in [2.05, 4.69) is 4.74 Å². The molecule has 172 valence electrons. The zero-order valence-electron chi connectivity index (χ0n) is 17.2. The lowest BCUT2D eigenvalue weighted by Crippen LogP contribution is -2.24. The fourth-order valence-corrected chi connectivity index (χ4v) is 2.98. The average molecular weight is 447 g/mol. The fraction of sp³-hybridized carbons (Fsp3) is 0.455. The first-order valence-corrected chi connectivity index (χ1v) is 9.82. The molecule has 0 radical (unpaired) electrons. The molecular formula is C22H26F5NO3. The molecule has 1 atom stereocenters. The Morgan fingerprint density at radius 2 is 1.77 bits per heavy atom. The van der Waals surface area contributed by atoms with Gasteiger partial charge in [0, 0.05) is 13.0 Å². The lowest BCUT2D eigenvalue weighted by Gasteiger charge is -2.21. The number of halogens is 5. The minimum atomic E-state index is -4.75. The molecule has 0 fully saturated rings. The molecule has 0 aliphatic carbocycles. The maximum atomic E-state index is 12.8. The summed E-state index contributed by atoms with van der Waals surface area (Å²) < 4.78 is 77.3. The largest absolute Gasteiger partial charge is 0.573 e. The van der Waals surface area contributed by atoms with Crippen LogP contribution in [0.5, 0.6) is 11.5 Å². The summed E-state index contributed by atoms with van der Waals surface area (Å²) in [6.07, 6.45) is -3.71. The first-order valence-electron chi connectivity index (χ1n) is 9.82. The number of alkyl halides is 5. The average Bonchev–Trinajstić information content (AvgIpc) is 2.72. The highest BCUT2D eigenvalue weighted by Gasteiger charge is 2.31. The smallest absolute Gasteiger partial charge is 0.465 e. The molecule has 0 bridgehead atoms. The van der Waals surface area contributed by atoms with Gasteiger partial charge in [0.05, 0.1) is 0 Å². The molecule has 0 N–H and O–H groups in total. The number of hydrogen-bond donors (Lipinski definition) is 0. The molecule has 0 heterocycles. The van der Waals surface area contributed by atoms with Gasteiger partial charge in [-0.3, -0.25) is 4.90 Å². The van der Waals surface area contributed by atoms with Crippen molar-refractivity contribution in [1.82, 2.24) is 4.90 Å². The summed E-state index contributed by atoms with van der Waals surface area (Å²) in [7, 11) is 1.63. The molecule has 2 aromatic rings. The molecule has 0 aliphatic rings. The Labute approximate surface area is 178 Å². The Bertz CT molecular complexity index is 788. The number of benzene rings is 2. The third-order valence-electron chi connectivity index (χ3n) is 4.48. The van der Waals surface area contributed by atoms with E-state index in [4.69, 9.17) is 9.47 Å². The summed E-state index contributed by atoms with van der Waals surface area (Å²) in [5.74, 6) is 0.228. The highest BCUT2D eigenvalue weighted by atomic mass is 19.4. The van der Waals surface area contributed by atoms with Crippen molar-refractivity contribution in [3.63, 3.8) is 0 Å². The summed E-state index contributed by atoms with van der Waals surface area (Å²) >= 11 is 0. The van der Waals surface area contributed by atoms with Crippen molar-refractivity contribution < 1.29 is 36.2 Å². The van der Waals surface area contributed by atoms with Gasteiger partial charge in [0.15, 0.2) is 6.86 Å². The minimum absolute atomic E-state index is 0.274. The second-order valence-electron chi connectivity index (χ2n) is 6.97.